The van der Waals surface area contributed by atoms with Gasteiger partial charge in [0.2, 0.25) is 0 Å². The molecule has 0 bridgehead atoms. The van der Waals surface area contributed by atoms with Crippen molar-refractivity contribution in [3.05, 3.63) is 16.3 Å². The molecule has 1 aromatic heterocycles. The number of hydrogen-bond acceptors (Lipinski definition) is 2. The van der Waals surface area contributed by atoms with E-state index in [1.807, 2.05) is 12.3 Å². The highest BCUT2D eigenvalue weighted by molar-refractivity contribution is 7.08. The largest absolute Gasteiger partial charge is 0.465 e. The van der Waals surface area contributed by atoms with Crippen molar-refractivity contribution >= 4 is 23.1 Å². The summed E-state index contributed by atoms with van der Waals surface area (Å²) in [7, 11) is 0. The maximum atomic E-state index is 10.1. The maximum absolute atomic E-state index is 10.1. The van der Waals surface area contributed by atoms with Gasteiger partial charge in [-0.2, -0.15) is 0 Å². The summed E-state index contributed by atoms with van der Waals surface area (Å²) in [6.07, 6.45) is -1.01. The normalized spacial score (nSPS) is 9.30. The summed E-state index contributed by atoms with van der Waals surface area (Å²) < 4.78 is 0. The Morgan fingerprint density at radius 2 is 2.40 bits per heavy atom. The van der Waals surface area contributed by atoms with Gasteiger partial charge in [-0.25, -0.2) is 4.79 Å². The maximum Gasteiger partial charge on any atom is 0.409 e. The zero-order chi connectivity index (χ0) is 7.56. The van der Waals surface area contributed by atoms with Gasteiger partial charge in [0.15, 0.2) is 0 Å². The predicted octanol–water partition coefficient (Wildman–Crippen LogP) is 2.15. The SMILES string of the molecule is Cc1cscc1NC(=O)O. The third kappa shape index (κ3) is 1.48. The zero-order valence-corrected chi connectivity index (χ0v) is 6.23. The van der Waals surface area contributed by atoms with Gasteiger partial charge < -0.3 is 5.11 Å². The van der Waals surface area contributed by atoms with E-state index in [0.29, 0.717) is 5.69 Å². The molecule has 0 saturated heterocycles. The van der Waals surface area contributed by atoms with Crippen LogP contribution in [0.5, 0.6) is 0 Å². The Balaban J connectivity index is 2.74. The molecule has 1 rings (SSSR count). The number of carbonyl (C=O) groups is 1. The van der Waals surface area contributed by atoms with Gasteiger partial charge in [-0.05, 0) is 17.9 Å². The second-order valence-corrected chi connectivity index (χ2v) is 2.64. The van der Waals surface area contributed by atoms with Crippen LogP contribution in [0.3, 0.4) is 0 Å². The molecule has 0 saturated carbocycles. The fourth-order valence-electron chi connectivity index (χ4n) is 0.604. The summed E-state index contributed by atoms with van der Waals surface area (Å²) in [5.41, 5.74) is 1.64. The van der Waals surface area contributed by atoms with Crippen molar-refractivity contribution in [2.75, 3.05) is 5.32 Å². The lowest BCUT2D eigenvalue weighted by molar-refractivity contribution is 0.209. The van der Waals surface area contributed by atoms with E-state index in [9.17, 15) is 4.79 Å². The molecule has 0 radical (unpaired) electrons. The van der Waals surface area contributed by atoms with Crippen LogP contribution in [-0.4, -0.2) is 11.2 Å². The van der Waals surface area contributed by atoms with Crippen molar-refractivity contribution in [1.82, 2.24) is 0 Å². The summed E-state index contributed by atoms with van der Waals surface area (Å²) >= 11 is 1.48. The molecule has 0 aliphatic carbocycles. The van der Waals surface area contributed by atoms with Gasteiger partial charge in [-0.3, -0.25) is 5.32 Å². The van der Waals surface area contributed by atoms with E-state index in [4.69, 9.17) is 5.11 Å². The molecule has 3 nitrogen and oxygen atoms in total. The summed E-state index contributed by atoms with van der Waals surface area (Å²) in [6, 6.07) is 0. The van der Waals surface area contributed by atoms with Gasteiger partial charge >= 0.3 is 6.09 Å². The van der Waals surface area contributed by atoms with Crippen LogP contribution in [0.2, 0.25) is 0 Å². The third-order valence-electron chi connectivity index (χ3n) is 1.10. The topological polar surface area (TPSA) is 49.3 Å². The first-order chi connectivity index (χ1) is 4.70. The summed E-state index contributed by atoms with van der Waals surface area (Å²) in [5.74, 6) is 0. The quantitative estimate of drug-likeness (QED) is 0.656. The molecule has 1 amide bonds. The lowest BCUT2D eigenvalue weighted by Gasteiger charge is -1.95. The molecule has 1 aromatic rings. The number of carboxylic acid groups (broad SMARTS) is 1. The van der Waals surface area contributed by atoms with Crippen LogP contribution in [0.4, 0.5) is 10.5 Å². The molecule has 1 heterocycles. The first-order valence-electron chi connectivity index (χ1n) is 2.73. The van der Waals surface area contributed by atoms with Crippen molar-refractivity contribution in [2.24, 2.45) is 0 Å². The Morgan fingerprint density at radius 3 is 2.80 bits per heavy atom. The highest BCUT2D eigenvalue weighted by Crippen LogP contribution is 2.18. The van der Waals surface area contributed by atoms with Gasteiger partial charge in [-0.15, -0.1) is 11.3 Å². The third-order valence-corrected chi connectivity index (χ3v) is 1.96. The molecule has 0 spiro atoms. The first kappa shape index (κ1) is 7.08. The Morgan fingerprint density at radius 1 is 1.70 bits per heavy atom. The van der Waals surface area contributed by atoms with E-state index < -0.39 is 6.09 Å². The van der Waals surface area contributed by atoms with Crippen LogP contribution in [0.15, 0.2) is 10.8 Å². The Kier molecular flexibility index (Phi) is 1.91. The molecular weight excluding hydrogens is 150 g/mol. The second-order valence-electron chi connectivity index (χ2n) is 1.90. The molecule has 0 fully saturated rings. The minimum atomic E-state index is -1.01. The summed E-state index contributed by atoms with van der Waals surface area (Å²) in [4.78, 5) is 10.1. The highest BCUT2D eigenvalue weighted by Gasteiger charge is 2.00. The van der Waals surface area contributed by atoms with Crippen molar-refractivity contribution in [3.63, 3.8) is 0 Å². The van der Waals surface area contributed by atoms with E-state index in [0.717, 1.165) is 5.56 Å². The average Bonchev–Trinajstić information content (AvgIpc) is 2.15. The molecule has 0 aromatic carbocycles. The average molecular weight is 157 g/mol. The summed E-state index contributed by atoms with van der Waals surface area (Å²) in [6.45, 7) is 1.86. The van der Waals surface area contributed by atoms with Crippen LogP contribution < -0.4 is 5.32 Å². The molecule has 0 aliphatic rings. The number of amides is 1. The Bertz CT molecular complexity index is 244. The molecular formula is C6H7NO2S. The fourth-order valence-corrected chi connectivity index (χ4v) is 1.38. The fraction of sp³-hybridized carbons (Fsp3) is 0.167. The smallest absolute Gasteiger partial charge is 0.409 e. The molecule has 0 atom stereocenters. The zero-order valence-electron chi connectivity index (χ0n) is 5.42. The Hall–Kier alpha value is -1.03. The van der Waals surface area contributed by atoms with Crippen molar-refractivity contribution < 1.29 is 9.90 Å². The molecule has 4 heteroatoms. The van der Waals surface area contributed by atoms with Crippen molar-refractivity contribution in [2.45, 2.75) is 6.92 Å². The van der Waals surface area contributed by atoms with Crippen LogP contribution in [-0.2, 0) is 0 Å². The van der Waals surface area contributed by atoms with Crippen molar-refractivity contribution in [1.29, 1.82) is 0 Å². The lowest BCUT2D eigenvalue weighted by Crippen LogP contribution is -2.06. The number of aryl methyl sites for hydroxylation is 1. The minimum Gasteiger partial charge on any atom is -0.465 e. The predicted molar refractivity (Wildman–Crippen MR) is 40.7 cm³/mol. The van der Waals surface area contributed by atoms with Gasteiger partial charge in [-0.1, -0.05) is 0 Å². The van der Waals surface area contributed by atoms with E-state index in [1.54, 1.807) is 5.38 Å². The summed E-state index contributed by atoms with van der Waals surface area (Å²) in [5, 5.41) is 14.2. The first-order valence-corrected chi connectivity index (χ1v) is 3.67. The lowest BCUT2D eigenvalue weighted by atomic mass is 10.3. The molecule has 0 aliphatic heterocycles. The van der Waals surface area contributed by atoms with Gasteiger partial charge in [0.1, 0.15) is 0 Å². The van der Waals surface area contributed by atoms with E-state index in [1.165, 1.54) is 11.3 Å². The van der Waals surface area contributed by atoms with E-state index in [2.05, 4.69) is 5.32 Å². The van der Waals surface area contributed by atoms with Crippen LogP contribution in [0.25, 0.3) is 0 Å². The van der Waals surface area contributed by atoms with Gasteiger partial charge in [0.25, 0.3) is 0 Å². The number of nitrogens with one attached hydrogen (secondary N) is 1. The van der Waals surface area contributed by atoms with E-state index in [-0.39, 0.29) is 0 Å². The number of anilines is 1. The van der Waals surface area contributed by atoms with Gasteiger partial charge in [0, 0.05) is 5.38 Å². The van der Waals surface area contributed by atoms with Crippen LogP contribution >= 0.6 is 11.3 Å². The highest BCUT2D eigenvalue weighted by atomic mass is 32.1. The standard InChI is InChI=1S/C6H7NO2S/c1-4-2-10-3-5(4)7-6(8)9/h2-3,7H,1H3,(H,8,9). The number of thiophene rings is 1. The van der Waals surface area contributed by atoms with Crippen molar-refractivity contribution in [3.8, 4) is 0 Å². The minimum absolute atomic E-state index is 0.678. The number of hydrogen-bond donors (Lipinski definition) is 2. The monoisotopic (exact) mass is 157 g/mol. The van der Waals surface area contributed by atoms with Gasteiger partial charge in [0.05, 0.1) is 5.69 Å². The number of rotatable bonds is 1. The molecule has 10 heavy (non-hydrogen) atoms. The second kappa shape index (κ2) is 2.70. The molecule has 2 N–H and O–H groups in total. The van der Waals surface area contributed by atoms with Crippen LogP contribution in [0, 0.1) is 6.92 Å². The van der Waals surface area contributed by atoms with E-state index >= 15 is 0 Å². The van der Waals surface area contributed by atoms with Crippen LogP contribution in [0.1, 0.15) is 5.56 Å². The molecule has 0 unspecified atom stereocenters. The Labute approximate surface area is 62.3 Å². The molecule has 54 valence electrons.